The minimum Gasteiger partial charge on any atom is -0.332 e. The number of nitrogens with one attached hydrogen (secondary N) is 2. The summed E-state index contributed by atoms with van der Waals surface area (Å²) in [5.74, 6) is 0. The second kappa shape index (κ2) is 8.32. The van der Waals surface area contributed by atoms with E-state index in [9.17, 15) is 18.5 Å². The van der Waals surface area contributed by atoms with Crippen LogP contribution in [0.1, 0.15) is 5.56 Å². The molecule has 1 heterocycles. The van der Waals surface area contributed by atoms with Crippen LogP contribution in [-0.4, -0.2) is 25.0 Å². The Morgan fingerprint density at radius 1 is 0.935 bits per heavy atom. The molecule has 8 nitrogen and oxygen atoms in total. The van der Waals surface area contributed by atoms with Gasteiger partial charge in [0.15, 0.2) is 5.11 Å². The van der Waals surface area contributed by atoms with Crippen LogP contribution in [0, 0.1) is 10.1 Å². The number of hydrogen-bond acceptors (Lipinski definition) is 5. The van der Waals surface area contributed by atoms with Crippen LogP contribution in [0.5, 0.6) is 0 Å². The molecule has 1 aliphatic rings. The van der Waals surface area contributed by atoms with Crippen molar-refractivity contribution in [2.24, 2.45) is 0 Å². The maximum absolute atomic E-state index is 13.1. The number of thiocarbonyl (C=S) groups is 1. The van der Waals surface area contributed by atoms with Gasteiger partial charge >= 0.3 is 0 Å². The molecule has 0 fully saturated rings. The Kier molecular flexibility index (Phi) is 5.57. The molecule has 0 aliphatic carbocycles. The first kappa shape index (κ1) is 20.8. The predicted octanol–water partition coefficient (Wildman–Crippen LogP) is 4.16. The smallest absolute Gasteiger partial charge is 0.269 e. The van der Waals surface area contributed by atoms with Crippen molar-refractivity contribution in [1.29, 1.82) is 0 Å². The van der Waals surface area contributed by atoms with Crippen molar-refractivity contribution < 1.29 is 13.3 Å². The van der Waals surface area contributed by atoms with Gasteiger partial charge in [0.25, 0.3) is 15.7 Å². The van der Waals surface area contributed by atoms with Gasteiger partial charge in [-0.1, -0.05) is 18.2 Å². The van der Waals surface area contributed by atoms with Crippen LogP contribution in [0.2, 0.25) is 0 Å². The zero-order valence-corrected chi connectivity index (χ0v) is 17.8. The summed E-state index contributed by atoms with van der Waals surface area (Å²) in [4.78, 5) is 10.4. The average Bonchev–Trinajstić information content (AvgIpc) is 3.19. The van der Waals surface area contributed by atoms with Gasteiger partial charge < -0.3 is 10.6 Å². The number of fused-ring (bicyclic) bond motifs is 1. The third kappa shape index (κ3) is 4.35. The van der Waals surface area contributed by atoms with Gasteiger partial charge in [-0.15, -0.1) is 0 Å². The highest BCUT2D eigenvalue weighted by Crippen LogP contribution is 2.32. The van der Waals surface area contributed by atoms with E-state index in [4.69, 9.17) is 12.2 Å². The number of sulfonamides is 1. The predicted molar refractivity (Wildman–Crippen MR) is 124 cm³/mol. The molecule has 3 aromatic rings. The Bertz CT molecular complexity index is 1240. The fourth-order valence-electron chi connectivity index (χ4n) is 3.36. The molecule has 0 aromatic heterocycles. The molecule has 0 atom stereocenters. The highest BCUT2D eigenvalue weighted by molar-refractivity contribution is 7.92. The lowest BCUT2D eigenvalue weighted by molar-refractivity contribution is -0.384. The summed E-state index contributed by atoms with van der Waals surface area (Å²) < 4.78 is 27.6. The van der Waals surface area contributed by atoms with Gasteiger partial charge in [0.1, 0.15) is 0 Å². The normalized spacial score (nSPS) is 12.8. The van der Waals surface area contributed by atoms with Crippen molar-refractivity contribution in [2.75, 3.05) is 21.5 Å². The molecule has 0 amide bonds. The summed E-state index contributed by atoms with van der Waals surface area (Å²) in [6.45, 7) is 0.422. The number of para-hydroxylation sites is 1. The van der Waals surface area contributed by atoms with Crippen molar-refractivity contribution in [3.05, 3.63) is 88.5 Å². The number of nitrogens with zero attached hydrogens (tertiary/aromatic N) is 2. The first-order valence-electron chi connectivity index (χ1n) is 9.38. The molecule has 0 spiro atoms. The van der Waals surface area contributed by atoms with Crippen molar-refractivity contribution >= 4 is 50.1 Å². The van der Waals surface area contributed by atoms with Gasteiger partial charge in [0.05, 0.1) is 15.5 Å². The molecule has 0 unspecified atom stereocenters. The first-order valence-corrected chi connectivity index (χ1v) is 11.2. The molecule has 0 bridgehead atoms. The molecule has 10 heteroatoms. The number of nitro benzene ring substituents is 1. The second-order valence-corrected chi connectivity index (χ2v) is 9.13. The fraction of sp³-hybridized carbons (Fsp3) is 0.0952. The summed E-state index contributed by atoms with van der Waals surface area (Å²) in [6, 6.07) is 19.7. The molecule has 31 heavy (non-hydrogen) atoms. The lowest BCUT2D eigenvalue weighted by Gasteiger charge is -2.20. The Morgan fingerprint density at radius 3 is 2.13 bits per heavy atom. The van der Waals surface area contributed by atoms with Crippen LogP contribution in [0.3, 0.4) is 0 Å². The third-order valence-electron chi connectivity index (χ3n) is 4.88. The quantitative estimate of drug-likeness (QED) is 0.339. The van der Waals surface area contributed by atoms with E-state index in [0.717, 1.165) is 11.3 Å². The monoisotopic (exact) mass is 454 g/mol. The number of hydrogen-bond donors (Lipinski definition) is 2. The third-order valence-corrected chi connectivity index (χ3v) is 6.91. The molecule has 4 rings (SSSR count). The fourth-order valence-corrected chi connectivity index (χ4v) is 5.09. The minimum atomic E-state index is -3.65. The van der Waals surface area contributed by atoms with E-state index < -0.39 is 14.9 Å². The molecule has 0 radical (unpaired) electrons. The standard InChI is InChI=1S/C21H18N4O4S2/c26-25(27)18-9-5-16(6-10-18)22-21(30)23-17-7-11-19(12-8-17)31(28,29)24-14-13-15-3-1-2-4-20(15)24/h1-12H,13-14H2,(H2,22,23,30). The zero-order chi connectivity index (χ0) is 22.0. The van der Waals surface area contributed by atoms with Crippen molar-refractivity contribution in [3.63, 3.8) is 0 Å². The molecule has 158 valence electrons. The van der Waals surface area contributed by atoms with E-state index in [1.54, 1.807) is 24.3 Å². The van der Waals surface area contributed by atoms with E-state index in [0.29, 0.717) is 24.3 Å². The van der Waals surface area contributed by atoms with Gasteiger partial charge in [0.2, 0.25) is 0 Å². The van der Waals surface area contributed by atoms with Crippen molar-refractivity contribution in [2.45, 2.75) is 11.3 Å². The number of non-ortho nitro benzene ring substituents is 1. The number of benzene rings is 3. The summed E-state index contributed by atoms with van der Waals surface area (Å²) in [5, 5.41) is 16.9. The minimum absolute atomic E-state index is 0.0122. The van der Waals surface area contributed by atoms with Crippen LogP contribution in [-0.2, 0) is 16.4 Å². The van der Waals surface area contributed by atoms with Gasteiger partial charge in [-0.2, -0.15) is 0 Å². The maximum Gasteiger partial charge on any atom is 0.269 e. The summed E-state index contributed by atoms with van der Waals surface area (Å²) in [7, 11) is -3.65. The van der Waals surface area contributed by atoms with Crippen LogP contribution in [0.15, 0.2) is 77.7 Å². The average molecular weight is 455 g/mol. The summed E-state index contributed by atoms with van der Waals surface area (Å²) >= 11 is 5.26. The van der Waals surface area contributed by atoms with Crippen LogP contribution < -0.4 is 14.9 Å². The van der Waals surface area contributed by atoms with E-state index >= 15 is 0 Å². The highest BCUT2D eigenvalue weighted by Gasteiger charge is 2.30. The van der Waals surface area contributed by atoms with Gasteiger partial charge in [-0.25, -0.2) is 8.42 Å². The maximum atomic E-state index is 13.1. The number of anilines is 3. The number of nitro groups is 1. The second-order valence-electron chi connectivity index (χ2n) is 6.86. The molecular weight excluding hydrogens is 436 g/mol. The zero-order valence-electron chi connectivity index (χ0n) is 16.2. The van der Waals surface area contributed by atoms with Crippen LogP contribution in [0.4, 0.5) is 22.7 Å². The van der Waals surface area contributed by atoms with Crippen LogP contribution >= 0.6 is 12.2 Å². The van der Waals surface area contributed by atoms with Crippen molar-refractivity contribution in [1.82, 2.24) is 0 Å². The van der Waals surface area contributed by atoms with E-state index in [1.165, 1.54) is 28.6 Å². The molecule has 1 aliphatic heterocycles. The lowest BCUT2D eigenvalue weighted by atomic mass is 10.2. The van der Waals surface area contributed by atoms with E-state index in [2.05, 4.69) is 10.6 Å². The molecule has 0 saturated carbocycles. The largest absolute Gasteiger partial charge is 0.332 e. The van der Waals surface area contributed by atoms with E-state index in [1.807, 2.05) is 24.3 Å². The molecule has 2 N–H and O–H groups in total. The summed E-state index contributed by atoms with van der Waals surface area (Å²) in [6.07, 6.45) is 0.692. The Balaban J connectivity index is 1.43. The van der Waals surface area contributed by atoms with Gasteiger partial charge in [-0.3, -0.25) is 14.4 Å². The number of rotatable bonds is 5. The summed E-state index contributed by atoms with van der Waals surface area (Å²) in [5.41, 5.74) is 2.93. The van der Waals surface area contributed by atoms with Gasteiger partial charge in [-0.05, 0) is 66.7 Å². The first-order chi connectivity index (χ1) is 14.8. The molecular formula is C21H18N4O4S2. The Morgan fingerprint density at radius 2 is 1.52 bits per heavy atom. The topological polar surface area (TPSA) is 105 Å². The molecule has 3 aromatic carbocycles. The van der Waals surface area contributed by atoms with E-state index in [-0.39, 0.29) is 15.7 Å². The lowest BCUT2D eigenvalue weighted by Crippen LogP contribution is -2.29. The SMILES string of the molecule is O=[N+]([O-])c1ccc(NC(=S)Nc2ccc(S(=O)(=O)N3CCc4ccccc43)cc2)cc1. The Labute approximate surface area is 184 Å². The van der Waals surface area contributed by atoms with Crippen molar-refractivity contribution in [3.8, 4) is 0 Å². The van der Waals surface area contributed by atoms with Gasteiger partial charge in [0, 0.05) is 30.1 Å². The van der Waals surface area contributed by atoms with Crippen LogP contribution in [0.25, 0.3) is 0 Å². The Hall–Kier alpha value is -3.50. The molecule has 0 saturated heterocycles. The highest BCUT2D eigenvalue weighted by atomic mass is 32.2.